The molecule has 0 bridgehead atoms. The first kappa shape index (κ1) is 12.1. The van der Waals surface area contributed by atoms with Crippen LogP contribution in [0.3, 0.4) is 0 Å². The molecule has 0 radical (unpaired) electrons. The Morgan fingerprint density at radius 2 is 2.17 bits per heavy atom. The third-order valence-corrected chi connectivity index (χ3v) is 2.92. The molecular formula is C10H13N5O3. The molecule has 3 N–H and O–H groups in total. The van der Waals surface area contributed by atoms with Gasteiger partial charge in [0.25, 0.3) is 11.8 Å². The molecule has 0 spiro atoms. The number of aromatic nitrogens is 2. The lowest BCUT2D eigenvalue weighted by atomic mass is 10.2. The van der Waals surface area contributed by atoms with Crippen molar-refractivity contribution in [1.29, 1.82) is 0 Å². The maximum atomic E-state index is 11.9. The van der Waals surface area contributed by atoms with E-state index in [0.29, 0.717) is 0 Å². The third kappa shape index (κ3) is 1.81. The minimum Gasteiger partial charge on any atom is -0.383 e. The predicted molar refractivity (Wildman–Crippen MR) is 61.3 cm³/mol. The Balaban J connectivity index is 2.12. The van der Waals surface area contributed by atoms with Crippen LogP contribution in [0.25, 0.3) is 0 Å². The predicted octanol–water partition coefficient (Wildman–Crippen LogP) is -1.51. The molecule has 1 aliphatic heterocycles. The van der Waals surface area contributed by atoms with Gasteiger partial charge in [-0.15, -0.1) is 0 Å². The van der Waals surface area contributed by atoms with E-state index in [1.54, 1.807) is 7.05 Å². The normalized spacial score (nSPS) is 19.4. The highest BCUT2D eigenvalue weighted by atomic mass is 16.2. The third-order valence-electron chi connectivity index (χ3n) is 2.92. The lowest BCUT2D eigenvalue weighted by Crippen LogP contribution is -2.40. The molecule has 1 saturated heterocycles. The van der Waals surface area contributed by atoms with Crippen LogP contribution in [0.4, 0.5) is 5.82 Å². The first-order valence-corrected chi connectivity index (χ1v) is 5.30. The van der Waals surface area contributed by atoms with Crippen molar-refractivity contribution in [3.05, 3.63) is 11.8 Å². The monoisotopic (exact) mass is 251 g/mol. The summed E-state index contributed by atoms with van der Waals surface area (Å²) in [6.07, 6.45) is 1.29. The number of amides is 3. The number of nitrogens with zero attached hydrogens (tertiary/aromatic N) is 3. The van der Waals surface area contributed by atoms with E-state index in [-0.39, 0.29) is 23.7 Å². The molecule has 1 fully saturated rings. The highest BCUT2D eigenvalue weighted by molar-refractivity contribution is 6.08. The maximum absolute atomic E-state index is 11.9. The van der Waals surface area contributed by atoms with Crippen LogP contribution in [0.2, 0.25) is 0 Å². The average molecular weight is 251 g/mol. The van der Waals surface area contributed by atoms with Crippen molar-refractivity contribution < 1.29 is 14.4 Å². The van der Waals surface area contributed by atoms with E-state index in [2.05, 4.69) is 10.4 Å². The van der Waals surface area contributed by atoms with Crippen molar-refractivity contribution in [2.45, 2.75) is 12.5 Å². The van der Waals surface area contributed by atoms with Gasteiger partial charge in [0.05, 0.1) is 12.6 Å². The summed E-state index contributed by atoms with van der Waals surface area (Å²) in [7, 11) is 2.99. The molecular weight excluding hydrogens is 238 g/mol. The van der Waals surface area contributed by atoms with Gasteiger partial charge in [0.1, 0.15) is 17.4 Å². The molecule has 0 saturated carbocycles. The number of likely N-dealkylation sites (N-methyl/N-ethyl adjacent to an activating group) is 1. The Kier molecular flexibility index (Phi) is 2.77. The van der Waals surface area contributed by atoms with Crippen LogP contribution >= 0.6 is 0 Å². The van der Waals surface area contributed by atoms with Gasteiger partial charge in [0.2, 0.25) is 5.91 Å². The van der Waals surface area contributed by atoms with Gasteiger partial charge in [-0.3, -0.25) is 24.0 Å². The summed E-state index contributed by atoms with van der Waals surface area (Å²) in [6, 6.07) is -0.824. The second-order valence-electron chi connectivity index (χ2n) is 4.09. The topological polar surface area (TPSA) is 110 Å². The number of hydrogen-bond donors (Lipinski definition) is 2. The summed E-state index contributed by atoms with van der Waals surface area (Å²) in [5, 5.41) is 6.30. The number of nitrogen functional groups attached to an aromatic ring is 1. The Hall–Kier alpha value is -2.38. The van der Waals surface area contributed by atoms with Crippen molar-refractivity contribution in [2.24, 2.45) is 7.05 Å². The Morgan fingerprint density at radius 3 is 2.61 bits per heavy atom. The molecule has 96 valence electrons. The minimum absolute atomic E-state index is 0.0265. The van der Waals surface area contributed by atoms with E-state index in [1.807, 2.05) is 0 Å². The zero-order valence-electron chi connectivity index (χ0n) is 10.0. The molecule has 3 amide bonds. The van der Waals surface area contributed by atoms with Gasteiger partial charge in [-0.25, -0.2) is 0 Å². The number of hydrogen-bond acceptors (Lipinski definition) is 5. The fourth-order valence-electron chi connectivity index (χ4n) is 1.73. The first-order chi connectivity index (χ1) is 8.41. The van der Waals surface area contributed by atoms with E-state index >= 15 is 0 Å². The lowest BCUT2D eigenvalue weighted by molar-refractivity contribution is -0.137. The molecule has 1 aliphatic rings. The molecule has 0 aliphatic carbocycles. The van der Waals surface area contributed by atoms with E-state index in [1.165, 1.54) is 17.9 Å². The molecule has 2 rings (SSSR count). The van der Waals surface area contributed by atoms with Crippen LogP contribution in [0.5, 0.6) is 0 Å². The van der Waals surface area contributed by atoms with Crippen molar-refractivity contribution in [3.8, 4) is 0 Å². The smallest absolute Gasteiger partial charge is 0.257 e. The number of nitrogens with one attached hydrogen (secondary N) is 1. The van der Waals surface area contributed by atoms with Gasteiger partial charge in [0, 0.05) is 14.1 Å². The van der Waals surface area contributed by atoms with Crippen molar-refractivity contribution in [2.75, 3.05) is 12.8 Å². The largest absolute Gasteiger partial charge is 0.383 e. The van der Waals surface area contributed by atoms with E-state index in [9.17, 15) is 14.4 Å². The molecule has 8 nitrogen and oxygen atoms in total. The number of carbonyl (C=O) groups is 3. The minimum atomic E-state index is -0.824. The summed E-state index contributed by atoms with van der Waals surface area (Å²) in [5.41, 5.74) is 5.83. The number of carbonyl (C=O) groups excluding carboxylic acids is 3. The van der Waals surface area contributed by atoms with E-state index in [4.69, 9.17) is 5.73 Å². The van der Waals surface area contributed by atoms with Gasteiger partial charge >= 0.3 is 0 Å². The van der Waals surface area contributed by atoms with Gasteiger partial charge in [-0.1, -0.05) is 0 Å². The van der Waals surface area contributed by atoms with Crippen molar-refractivity contribution >= 4 is 23.5 Å². The standard InChI is InChI=1S/C10H13N5O3/c1-14-7(16)3-6(10(14)18)13-9(17)5-4-12-15(2)8(5)11/h4,6H,3,11H2,1-2H3,(H,13,17). The highest BCUT2D eigenvalue weighted by Gasteiger charge is 2.37. The Morgan fingerprint density at radius 1 is 1.50 bits per heavy atom. The molecule has 1 atom stereocenters. The van der Waals surface area contributed by atoms with Crippen LogP contribution in [0.15, 0.2) is 6.20 Å². The number of nitrogens with two attached hydrogens (primary N) is 1. The molecule has 2 heterocycles. The van der Waals surface area contributed by atoms with E-state index in [0.717, 1.165) is 4.90 Å². The summed E-state index contributed by atoms with van der Waals surface area (Å²) in [4.78, 5) is 35.8. The number of anilines is 1. The van der Waals surface area contributed by atoms with Gasteiger partial charge in [-0.05, 0) is 0 Å². The zero-order valence-corrected chi connectivity index (χ0v) is 10.0. The SMILES string of the molecule is CN1C(=O)CC(NC(=O)c2cnn(C)c2N)C1=O. The van der Waals surface area contributed by atoms with Crippen molar-refractivity contribution in [1.82, 2.24) is 20.0 Å². The van der Waals surface area contributed by atoms with Crippen LogP contribution in [-0.2, 0) is 16.6 Å². The van der Waals surface area contributed by atoms with Crippen molar-refractivity contribution in [3.63, 3.8) is 0 Å². The van der Waals surface area contributed by atoms with Crippen LogP contribution < -0.4 is 11.1 Å². The number of aryl methyl sites for hydroxylation is 1. The summed E-state index contributed by atoms with van der Waals surface area (Å²) >= 11 is 0. The fourth-order valence-corrected chi connectivity index (χ4v) is 1.73. The van der Waals surface area contributed by atoms with Gasteiger partial charge in [0.15, 0.2) is 0 Å². The quantitative estimate of drug-likeness (QED) is 0.621. The van der Waals surface area contributed by atoms with Crippen LogP contribution in [-0.4, -0.2) is 45.5 Å². The Bertz CT molecular complexity index is 536. The Labute approximate surface area is 103 Å². The second-order valence-corrected chi connectivity index (χ2v) is 4.09. The van der Waals surface area contributed by atoms with Gasteiger partial charge < -0.3 is 11.1 Å². The van der Waals surface area contributed by atoms with Crippen LogP contribution in [0.1, 0.15) is 16.8 Å². The molecule has 8 heteroatoms. The molecule has 1 aromatic rings. The fraction of sp³-hybridized carbons (Fsp3) is 0.400. The number of rotatable bonds is 2. The second kappa shape index (κ2) is 4.13. The maximum Gasteiger partial charge on any atom is 0.257 e. The van der Waals surface area contributed by atoms with Crippen LogP contribution in [0, 0.1) is 0 Å². The average Bonchev–Trinajstić information content (AvgIpc) is 2.77. The van der Waals surface area contributed by atoms with E-state index < -0.39 is 17.9 Å². The number of likely N-dealkylation sites (tertiary alicyclic amines) is 1. The first-order valence-electron chi connectivity index (χ1n) is 5.30. The van der Waals surface area contributed by atoms with Gasteiger partial charge in [-0.2, -0.15) is 5.10 Å². The molecule has 0 aromatic carbocycles. The summed E-state index contributed by atoms with van der Waals surface area (Å²) in [5.74, 6) is -1.04. The summed E-state index contributed by atoms with van der Waals surface area (Å²) in [6.45, 7) is 0. The molecule has 18 heavy (non-hydrogen) atoms. The summed E-state index contributed by atoms with van der Waals surface area (Å²) < 4.78 is 1.35. The highest BCUT2D eigenvalue weighted by Crippen LogP contribution is 2.13. The molecule has 1 unspecified atom stereocenters. The lowest BCUT2D eigenvalue weighted by Gasteiger charge is -2.10. The number of imide groups is 1. The zero-order chi connectivity index (χ0) is 13.4. The molecule has 1 aromatic heterocycles.